The zero-order chi connectivity index (χ0) is 18.9. The van der Waals surface area contributed by atoms with Gasteiger partial charge in [0.05, 0.1) is 0 Å². The Morgan fingerprint density at radius 2 is 2.23 bits per heavy atom. The van der Waals surface area contributed by atoms with E-state index in [9.17, 15) is 0 Å². The van der Waals surface area contributed by atoms with Crippen LogP contribution in [0.25, 0.3) is 0 Å². The lowest BCUT2D eigenvalue weighted by Gasteiger charge is -2.36. The first-order valence-corrected chi connectivity index (χ1v) is 10.5. The number of guanidine groups is 1. The van der Waals surface area contributed by atoms with Crippen molar-refractivity contribution in [1.29, 1.82) is 0 Å². The maximum absolute atomic E-state index is 5.83. The van der Waals surface area contributed by atoms with Gasteiger partial charge in [-0.1, -0.05) is 26.0 Å². The largest absolute Gasteiger partial charge is 0.492 e. The number of nitrogens with one attached hydrogen (secondary N) is 1. The Balaban J connectivity index is 1.88. The molecule has 0 saturated carbocycles. The molecular formula is C20H34N4OS. The van der Waals surface area contributed by atoms with Crippen molar-refractivity contribution in [3.05, 3.63) is 29.8 Å². The van der Waals surface area contributed by atoms with Crippen molar-refractivity contribution in [2.45, 2.75) is 25.6 Å². The lowest BCUT2D eigenvalue weighted by atomic mass is 10.1. The number of benzene rings is 1. The van der Waals surface area contributed by atoms with Crippen molar-refractivity contribution in [2.24, 2.45) is 10.9 Å². The minimum absolute atomic E-state index is 0.677. The number of likely N-dealkylation sites (N-methyl/N-ethyl adjacent to an activating group) is 1. The predicted octanol–water partition coefficient (Wildman–Crippen LogP) is 2.78. The van der Waals surface area contributed by atoms with Crippen LogP contribution >= 0.6 is 11.8 Å². The van der Waals surface area contributed by atoms with Gasteiger partial charge in [0.15, 0.2) is 5.96 Å². The summed E-state index contributed by atoms with van der Waals surface area (Å²) in [6, 6.07) is 8.31. The summed E-state index contributed by atoms with van der Waals surface area (Å²) in [7, 11) is 5.98. The summed E-state index contributed by atoms with van der Waals surface area (Å²) in [6.07, 6.45) is 0. The van der Waals surface area contributed by atoms with Gasteiger partial charge in [-0.25, -0.2) is 0 Å². The first kappa shape index (κ1) is 20.9. The fourth-order valence-electron chi connectivity index (χ4n) is 2.88. The van der Waals surface area contributed by atoms with Gasteiger partial charge in [0.2, 0.25) is 0 Å². The van der Waals surface area contributed by atoms with Gasteiger partial charge in [0.1, 0.15) is 12.4 Å². The van der Waals surface area contributed by atoms with E-state index in [-0.39, 0.29) is 0 Å². The van der Waals surface area contributed by atoms with E-state index >= 15 is 0 Å². The Morgan fingerprint density at radius 1 is 1.42 bits per heavy atom. The number of thioether (sulfide) groups is 1. The molecule has 0 bridgehead atoms. The van der Waals surface area contributed by atoms with Gasteiger partial charge < -0.3 is 19.9 Å². The SMILES string of the molecule is CN=C(NCc1cccc(OCCN(C)C)c1)N1CCSC(C(C)C)C1. The molecule has 0 amide bonds. The molecule has 0 aliphatic carbocycles. The quantitative estimate of drug-likeness (QED) is 0.584. The zero-order valence-corrected chi connectivity index (χ0v) is 17.7. The summed E-state index contributed by atoms with van der Waals surface area (Å²) in [5.41, 5.74) is 1.21. The lowest BCUT2D eigenvalue weighted by Crippen LogP contribution is -2.48. The van der Waals surface area contributed by atoms with Gasteiger partial charge in [0.25, 0.3) is 0 Å². The van der Waals surface area contributed by atoms with Crippen molar-refractivity contribution in [3.63, 3.8) is 0 Å². The van der Waals surface area contributed by atoms with Crippen LogP contribution in [0, 0.1) is 5.92 Å². The molecule has 1 fully saturated rings. The number of rotatable bonds is 7. The van der Waals surface area contributed by atoms with Gasteiger partial charge in [0, 0.05) is 44.2 Å². The molecule has 1 aliphatic rings. The van der Waals surface area contributed by atoms with Crippen LogP contribution < -0.4 is 10.1 Å². The third-order valence-corrected chi connectivity index (χ3v) is 6.04. The molecule has 1 unspecified atom stereocenters. The fourth-order valence-corrected chi connectivity index (χ4v) is 4.17. The van der Waals surface area contributed by atoms with Crippen LogP contribution in [0.3, 0.4) is 0 Å². The highest BCUT2D eigenvalue weighted by atomic mass is 32.2. The van der Waals surface area contributed by atoms with E-state index in [1.807, 2.05) is 13.1 Å². The summed E-state index contributed by atoms with van der Waals surface area (Å²) >= 11 is 2.08. The van der Waals surface area contributed by atoms with Crippen molar-refractivity contribution in [3.8, 4) is 5.75 Å². The van der Waals surface area contributed by atoms with Gasteiger partial charge in [-0.05, 0) is 37.7 Å². The number of nitrogens with zero attached hydrogens (tertiary/aromatic N) is 3. The summed E-state index contributed by atoms with van der Waals surface area (Å²) in [6.45, 7) is 9.11. The minimum Gasteiger partial charge on any atom is -0.492 e. The van der Waals surface area contributed by atoms with Crippen LogP contribution in [0.5, 0.6) is 5.75 Å². The molecule has 26 heavy (non-hydrogen) atoms. The molecule has 2 rings (SSSR count). The van der Waals surface area contributed by atoms with Gasteiger partial charge >= 0.3 is 0 Å². The molecule has 1 saturated heterocycles. The highest BCUT2D eigenvalue weighted by Crippen LogP contribution is 2.25. The highest BCUT2D eigenvalue weighted by Gasteiger charge is 2.24. The Bertz CT molecular complexity index is 577. The van der Waals surface area contributed by atoms with Crippen molar-refractivity contribution < 1.29 is 4.74 Å². The minimum atomic E-state index is 0.677. The average molecular weight is 379 g/mol. The second-order valence-corrected chi connectivity index (χ2v) is 8.65. The Labute approximate surface area is 163 Å². The fraction of sp³-hybridized carbons (Fsp3) is 0.650. The first-order chi connectivity index (χ1) is 12.5. The maximum Gasteiger partial charge on any atom is 0.193 e. The van der Waals surface area contributed by atoms with Crippen LogP contribution in [0.4, 0.5) is 0 Å². The molecule has 0 radical (unpaired) electrons. The summed E-state index contributed by atoms with van der Waals surface area (Å²) in [5, 5.41) is 4.20. The van der Waals surface area contributed by atoms with Gasteiger partial charge in [-0.15, -0.1) is 0 Å². The van der Waals surface area contributed by atoms with E-state index in [1.165, 1.54) is 11.3 Å². The topological polar surface area (TPSA) is 40.1 Å². The average Bonchev–Trinajstić information content (AvgIpc) is 2.62. The second kappa shape index (κ2) is 10.7. The predicted molar refractivity (Wildman–Crippen MR) is 113 cm³/mol. The van der Waals surface area contributed by atoms with E-state index in [0.29, 0.717) is 17.8 Å². The summed E-state index contributed by atoms with van der Waals surface area (Å²) in [5.74, 6) is 3.78. The molecule has 1 aromatic rings. The maximum atomic E-state index is 5.83. The van der Waals surface area contributed by atoms with Crippen LogP contribution in [0.2, 0.25) is 0 Å². The standard InChI is InChI=1S/C20H34N4OS/c1-16(2)19-15-24(10-12-26-19)20(21-3)22-14-17-7-6-8-18(13-17)25-11-9-23(4)5/h6-8,13,16,19H,9-12,14-15H2,1-5H3,(H,21,22). The van der Waals surface area contributed by atoms with Crippen LogP contribution in [0.15, 0.2) is 29.3 Å². The van der Waals surface area contributed by atoms with Crippen LogP contribution in [-0.4, -0.2) is 74.1 Å². The second-order valence-electron chi connectivity index (χ2n) is 7.30. The number of hydrogen-bond donors (Lipinski definition) is 1. The monoisotopic (exact) mass is 378 g/mol. The molecule has 1 aliphatic heterocycles. The Morgan fingerprint density at radius 3 is 2.92 bits per heavy atom. The molecule has 5 nitrogen and oxygen atoms in total. The van der Waals surface area contributed by atoms with Crippen molar-refractivity contribution >= 4 is 17.7 Å². The third-order valence-electron chi connectivity index (χ3n) is 4.50. The van der Waals surface area contributed by atoms with E-state index in [4.69, 9.17) is 4.74 Å². The zero-order valence-electron chi connectivity index (χ0n) is 16.9. The molecule has 1 heterocycles. The van der Waals surface area contributed by atoms with E-state index < -0.39 is 0 Å². The van der Waals surface area contributed by atoms with Crippen LogP contribution in [-0.2, 0) is 6.54 Å². The molecule has 6 heteroatoms. The first-order valence-electron chi connectivity index (χ1n) is 9.43. The normalized spacial score (nSPS) is 18.5. The molecule has 1 atom stereocenters. The number of ether oxygens (including phenoxy) is 1. The van der Waals surface area contributed by atoms with Gasteiger partial charge in [-0.2, -0.15) is 11.8 Å². The highest BCUT2D eigenvalue weighted by molar-refractivity contribution is 8.00. The molecule has 0 spiro atoms. The smallest absolute Gasteiger partial charge is 0.193 e. The molecular weight excluding hydrogens is 344 g/mol. The van der Waals surface area contributed by atoms with Crippen LogP contribution in [0.1, 0.15) is 19.4 Å². The van der Waals surface area contributed by atoms with Crippen molar-refractivity contribution in [2.75, 3.05) is 53.1 Å². The van der Waals surface area contributed by atoms with E-state index in [0.717, 1.165) is 37.9 Å². The molecule has 1 aromatic carbocycles. The number of aliphatic imine (C=N–C) groups is 1. The lowest BCUT2D eigenvalue weighted by molar-refractivity contribution is 0.261. The summed E-state index contributed by atoms with van der Waals surface area (Å²) < 4.78 is 5.83. The van der Waals surface area contributed by atoms with E-state index in [1.54, 1.807) is 0 Å². The Kier molecular flexibility index (Phi) is 8.59. The third kappa shape index (κ3) is 6.72. The van der Waals surface area contributed by atoms with E-state index in [2.05, 4.69) is 78.0 Å². The van der Waals surface area contributed by atoms with Crippen molar-refractivity contribution in [1.82, 2.24) is 15.1 Å². The number of hydrogen-bond acceptors (Lipinski definition) is 4. The summed E-state index contributed by atoms with van der Waals surface area (Å²) in [4.78, 5) is 9.01. The molecule has 1 N–H and O–H groups in total. The Hall–Kier alpha value is -1.40. The molecule has 146 valence electrons. The molecule has 0 aromatic heterocycles. The van der Waals surface area contributed by atoms with Gasteiger partial charge in [-0.3, -0.25) is 4.99 Å².